The number of hydrogen-bond acceptors (Lipinski definition) is 6. The number of likely N-dealkylation sites (N-methyl/N-ethyl adjacent to an activating group) is 1. The predicted octanol–water partition coefficient (Wildman–Crippen LogP) is -1.51. The van der Waals surface area contributed by atoms with E-state index in [4.69, 9.17) is 10.4 Å². The van der Waals surface area contributed by atoms with Crippen LogP contribution in [0.25, 0.3) is 0 Å². The highest BCUT2D eigenvalue weighted by atomic mass is 32.2. The van der Waals surface area contributed by atoms with E-state index in [0.29, 0.717) is 17.1 Å². The minimum atomic E-state index is -3.61. The Bertz CT molecular complexity index is 590. The molecule has 116 valence electrons. The van der Waals surface area contributed by atoms with E-state index in [1.807, 2.05) is 0 Å². The van der Waals surface area contributed by atoms with E-state index in [1.165, 1.54) is 6.92 Å². The lowest BCUT2D eigenvalue weighted by Gasteiger charge is -2.20. The summed E-state index contributed by atoms with van der Waals surface area (Å²) in [5.74, 6) is -3.91. The van der Waals surface area contributed by atoms with Gasteiger partial charge in [-0.2, -0.15) is 5.26 Å². The number of nitrogens with zero attached hydrogens (tertiary/aromatic N) is 2. The minimum absolute atomic E-state index is 0.0103. The number of rotatable bonds is 7. The molecule has 0 rings (SSSR count). The maximum absolute atomic E-state index is 11.9. The molecule has 1 unspecified atom stereocenters. The fourth-order valence-electron chi connectivity index (χ4n) is 1.31. The molecule has 1 atom stereocenters. The second-order valence-electron chi connectivity index (χ2n) is 4.01. The van der Waals surface area contributed by atoms with E-state index in [0.717, 1.165) is 6.26 Å². The zero-order chi connectivity index (χ0) is 16.6. The summed E-state index contributed by atoms with van der Waals surface area (Å²) in [4.78, 5) is 34.3. The Morgan fingerprint density at radius 3 is 2.33 bits per heavy atom. The molecule has 0 saturated heterocycles. The van der Waals surface area contributed by atoms with Gasteiger partial charge in [-0.25, -0.2) is 18.1 Å². The summed E-state index contributed by atoms with van der Waals surface area (Å²) in [6, 6.07) is -1.47. The zero-order valence-corrected chi connectivity index (χ0v) is 12.3. The van der Waals surface area contributed by atoms with Crippen LogP contribution in [-0.4, -0.2) is 60.8 Å². The van der Waals surface area contributed by atoms with Gasteiger partial charge < -0.3 is 10.4 Å². The molecule has 0 aliphatic carbocycles. The van der Waals surface area contributed by atoms with Gasteiger partial charge in [-0.3, -0.25) is 9.59 Å². The average molecular weight is 317 g/mol. The lowest BCUT2D eigenvalue weighted by Crippen LogP contribution is -2.50. The van der Waals surface area contributed by atoms with Crippen molar-refractivity contribution >= 4 is 27.6 Å². The number of sulfone groups is 1. The van der Waals surface area contributed by atoms with Gasteiger partial charge in [0.1, 0.15) is 15.9 Å². The van der Waals surface area contributed by atoms with Gasteiger partial charge in [0, 0.05) is 25.0 Å². The SMILES string of the molecule is CCN(C#N)C(=O)C(CS(C)(=O)=O)NC(=O)/C=C/C(=O)O. The number of nitriles is 1. The lowest BCUT2D eigenvalue weighted by atomic mass is 10.2. The first-order valence-electron chi connectivity index (χ1n) is 5.71. The topological polar surface area (TPSA) is 145 Å². The first kappa shape index (κ1) is 18.6. The van der Waals surface area contributed by atoms with Gasteiger partial charge in [-0.05, 0) is 6.92 Å². The number of amides is 2. The van der Waals surface area contributed by atoms with Crippen molar-refractivity contribution in [2.24, 2.45) is 0 Å². The molecule has 21 heavy (non-hydrogen) atoms. The van der Waals surface area contributed by atoms with Crippen LogP contribution < -0.4 is 5.32 Å². The van der Waals surface area contributed by atoms with Crippen molar-refractivity contribution in [3.05, 3.63) is 12.2 Å². The molecule has 0 aromatic rings. The zero-order valence-electron chi connectivity index (χ0n) is 11.4. The monoisotopic (exact) mass is 317 g/mol. The van der Waals surface area contributed by atoms with Crippen LogP contribution in [0.5, 0.6) is 0 Å². The lowest BCUT2D eigenvalue weighted by molar-refractivity contribution is -0.132. The van der Waals surface area contributed by atoms with Crippen LogP contribution in [0.4, 0.5) is 0 Å². The van der Waals surface area contributed by atoms with Crippen LogP contribution in [-0.2, 0) is 24.2 Å². The predicted molar refractivity (Wildman–Crippen MR) is 71.4 cm³/mol. The molecule has 0 aromatic carbocycles. The Kier molecular flexibility index (Phi) is 7.09. The third-order valence-corrected chi connectivity index (χ3v) is 3.10. The molecular formula is C11H15N3O6S. The van der Waals surface area contributed by atoms with Gasteiger partial charge in [0.05, 0.1) is 5.75 Å². The number of aliphatic carboxylic acids is 1. The van der Waals surface area contributed by atoms with Crippen LogP contribution in [0.3, 0.4) is 0 Å². The van der Waals surface area contributed by atoms with Crippen LogP contribution in [0.2, 0.25) is 0 Å². The molecule has 0 heterocycles. The molecule has 0 spiro atoms. The van der Waals surface area contributed by atoms with Crippen molar-refractivity contribution in [3.63, 3.8) is 0 Å². The van der Waals surface area contributed by atoms with Crippen LogP contribution in [0, 0.1) is 11.5 Å². The number of hydrogen-bond donors (Lipinski definition) is 2. The maximum Gasteiger partial charge on any atom is 0.328 e. The summed E-state index contributed by atoms with van der Waals surface area (Å²) in [6.07, 6.45) is 3.62. The van der Waals surface area contributed by atoms with E-state index in [9.17, 15) is 22.8 Å². The Labute approximate surface area is 121 Å². The Morgan fingerprint density at radius 2 is 1.95 bits per heavy atom. The fraction of sp³-hybridized carbons (Fsp3) is 0.455. The molecule has 0 fully saturated rings. The average Bonchev–Trinajstić information content (AvgIpc) is 2.35. The number of nitrogens with one attached hydrogen (secondary N) is 1. The van der Waals surface area contributed by atoms with Crippen molar-refractivity contribution in [1.82, 2.24) is 10.2 Å². The van der Waals surface area contributed by atoms with Crippen molar-refractivity contribution in [2.75, 3.05) is 18.6 Å². The minimum Gasteiger partial charge on any atom is -0.478 e. The Hall–Kier alpha value is -2.41. The number of carbonyl (C=O) groups is 3. The third kappa shape index (κ3) is 7.68. The summed E-state index contributed by atoms with van der Waals surface area (Å²) in [6.45, 7) is 1.52. The van der Waals surface area contributed by atoms with E-state index < -0.39 is 39.4 Å². The second kappa shape index (κ2) is 8.01. The Balaban J connectivity index is 5.17. The molecule has 0 aromatic heterocycles. The van der Waals surface area contributed by atoms with Crippen LogP contribution in [0.1, 0.15) is 6.92 Å². The molecule has 0 bridgehead atoms. The molecule has 2 amide bonds. The number of carboxylic acid groups (broad SMARTS) is 1. The van der Waals surface area contributed by atoms with Gasteiger partial charge in [0.15, 0.2) is 6.19 Å². The quantitative estimate of drug-likeness (QED) is 0.330. The number of carboxylic acids is 1. The second-order valence-corrected chi connectivity index (χ2v) is 6.19. The summed E-state index contributed by atoms with van der Waals surface area (Å²) >= 11 is 0. The van der Waals surface area contributed by atoms with Gasteiger partial charge in [0.2, 0.25) is 5.91 Å². The van der Waals surface area contributed by atoms with Gasteiger partial charge in [-0.1, -0.05) is 0 Å². The third-order valence-electron chi connectivity index (χ3n) is 2.16. The van der Waals surface area contributed by atoms with Crippen LogP contribution in [0.15, 0.2) is 12.2 Å². The van der Waals surface area contributed by atoms with Crippen molar-refractivity contribution in [1.29, 1.82) is 5.26 Å². The van der Waals surface area contributed by atoms with E-state index in [2.05, 4.69) is 5.32 Å². The molecule has 10 heteroatoms. The molecule has 2 N–H and O–H groups in total. The highest BCUT2D eigenvalue weighted by molar-refractivity contribution is 7.90. The number of carbonyl (C=O) groups excluding carboxylic acids is 2. The molecule has 0 aliphatic rings. The van der Waals surface area contributed by atoms with E-state index in [-0.39, 0.29) is 6.54 Å². The summed E-state index contributed by atoms with van der Waals surface area (Å²) < 4.78 is 22.6. The summed E-state index contributed by atoms with van der Waals surface area (Å²) in [5.41, 5.74) is 0. The van der Waals surface area contributed by atoms with Gasteiger partial charge >= 0.3 is 5.97 Å². The standard InChI is InChI=1S/C11H15N3O6S/c1-3-14(7-12)11(18)8(6-21(2,19)20)13-9(15)4-5-10(16)17/h4-5,8H,3,6H2,1-2H3,(H,13,15)(H,16,17)/b5-4+. The van der Waals surface area contributed by atoms with Crippen molar-refractivity contribution < 1.29 is 27.9 Å². The molecule has 0 aliphatic heterocycles. The molecule has 0 saturated carbocycles. The van der Waals surface area contributed by atoms with Crippen molar-refractivity contribution in [2.45, 2.75) is 13.0 Å². The Morgan fingerprint density at radius 1 is 1.38 bits per heavy atom. The normalized spacial score (nSPS) is 12.4. The van der Waals surface area contributed by atoms with E-state index >= 15 is 0 Å². The maximum atomic E-state index is 11.9. The first-order chi connectivity index (χ1) is 9.60. The summed E-state index contributed by atoms with van der Waals surface area (Å²) in [7, 11) is -3.61. The highest BCUT2D eigenvalue weighted by Crippen LogP contribution is 1.99. The van der Waals surface area contributed by atoms with Gasteiger partial charge in [0.25, 0.3) is 5.91 Å². The fourth-order valence-corrected chi connectivity index (χ4v) is 2.14. The molecule has 0 radical (unpaired) electrons. The molecule has 9 nitrogen and oxygen atoms in total. The largest absolute Gasteiger partial charge is 0.478 e. The highest BCUT2D eigenvalue weighted by Gasteiger charge is 2.28. The summed E-state index contributed by atoms with van der Waals surface area (Å²) in [5, 5.41) is 19.2. The van der Waals surface area contributed by atoms with Gasteiger partial charge in [-0.15, -0.1) is 0 Å². The van der Waals surface area contributed by atoms with E-state index in [1.54, 1.807) is 6.19 Å². The van der Waals surface area contributed by atoms with Crippen LogP contribution >= 0.6 is 0 Å². The molecular weight excluding hydrogens is 302 g/mol. The van der Waals surface area contributed by atoms with Crippen molar-refractivity contribution in [3.8, 4) is 6.19 Å². The smallest absolute Gasteiger partial charge is 0.328 e. The first-order valence-corrected chi connectivity index (χ1v) is 7.77.